The lowest BCUT2D eigenvalue weighted by Gasteiger charge is -2.57. The largest absolute Gasteiger partial charge is 0.366 e. The van der Waals surface area contributed by atoms with Gasteiger partial charge in [0.05, 0.1) is 35.6 Å². The van der Waals surface area contributed by atoms with Crippen LogP contribution >= 0.6 is 11.3 Å². The lowest BCUT2D eigenvalue weighted by atomic mass is 9.85. The number of alkyl halides is 2. The highest BCUT2D eigenvalue weighted by Crippen LogP contribution is 2.50. The SMILES string of the molecule is CC1(C(=O)N2C3CC2CN(c2cc(S(=O)(=O)NC4(C#N)CC4)cn4c(-c5nnc(C(F)F)s5)ncc24)C3)CC1. The van der Waals surface area contributed by atoms with Crippen LogP contribution in [0.1, 0.15) is 50.5 Å². The minimum Gasteiger partial charge on any atom is -0.366 e. The Morgan fingerprint density at radius 2 is 1.95 bits per heavy atom. The monoisotopic (exact) mass is 574 g/mol. The maximum Gasteiger partial charge on any atom is 0.291 e. The van der Waals surface area contributed by atoms with Gasteiger partial charge in [0.25, 0.3) is 6.43 Å². The molecule has 2 atom stereocenters. The van der Waals surface area contributed by atoms with Gasteiger partial charge in [-0.05, 0) is 38.2 Å². The molecule has 3 aromatic rings. The van der Waals surface area contributed by atoms with Gasteiger partial charge in [0.15, 0.2) is 15.8 Å². The third kappa shape index (κ3) is 3.91. The molecule has 0 aromatic carbocycles. The van der Waals surface area contributed by atoms with Crippen LogP contribution in [0.5, 0.6) is 0 Å². The number of nitriles is 1. The number of halogens is 2. The van der Waals surface area contributed by atoms with Crippen molar-refractivity contribution >= 4 is 38.5 Å². The highest BCUT2D eigenvalue weighted by Gasteiger charge is 2.55. The van der Waals surface area contributed by atoms with Crippen molar-refractivity contribution < 1.29 is 22.0 Å². The predicted molar refractivity (Wildman–Crippen MR) is 136 cm³/mol. The maximum atomic E-state index is 13.4. The van der Waals surface area contributed by atoms with E-state index in [4.69, 9.17) is 0 Å². The second-order valence-electron chi connectivity index (χ2n) is 11.2. The van der Waals surface area contributed by atoms with E-state index in [1.165, 1.54) is 10.6 Å². The lowest BCUT2D eigenvalue weighted by molar-refractivity contribution is -0.151. The van der Waals surface area contributed by atoms with E-state index in [1.807, 2.05) is 17.9 Å². The first-order valence-electron chi connectivity index (χ1n) is 12.7. The number of imidazole rings is 1. The van der Waals surface area contributed by atoms with Gasteiger partial charge in [-0.1, -0.05) is 18.3 Å². The molecule has 2 saturated carbocycles. The van der Waals surface area contributed by atoms with Crippen LogP contribution in [-0.2, 0) is 14.8 Å². The Morgan fingerprint density at radius 3 is 2.54 bits per heavy atom. The Labute approximate surface area is 226 Å². The Balaban J connectivity index is 1.29. The summed E-state index contributed by atoms with van der Waals surface area (Å²) in [6.07, 6.45) is 3.69. The summed E-state index contributed by atoms with van der Waals surface area (Å²) in [5, 5.41) is 16.5. The Morgan fingerprint density at radius 1 is 1.23 bits per heavy atom. The summed E-state index contributed by atoms with van der Waals surface area (Å²) in [6, 6.07) is 3.65. The number of nitrogens with zero attached hydrogens (tertiary/aromatic N) is 7. The number of fused-ring (bicyclic) bond motifs is 3. The Hall–Kier alpha value is -3.22. The number of hydrogen-bond donors (Lipinski definition) is 1. The van der Waals surface area contributed by atoms with Crippen molar-refractivity contribution in [2.45, 2.75) is 68.0 Å². The quantitative estimate of drug-likeness (QED) is 0.455. The van der Waals surface area contributed by atoms with E-state index in [9.17, 15) is 27.3 Å². The standard InChI is InChI=1S/C24H24F2N8O3S2/c1-23(2-3-23)22(35)34-13-6-14(34)10-32(9-13)16-7-15(39(36,37)31-24(12-27)4-5-24)11-33-17(16)8-28-19(33)21-30-29-20(38-21)18(25)26/h7-8,11,13-14,18,31H,2-6,9-10H2,1H3. The zero-order valence-electron chi connectivity index (χ0n) is 20.8. The summed E-state index contributed by atoms with van der Waals surface area (Å²) in [6.45, 7) is 3.06. The molecule has 5 fully saturated rings. The summed E-state index contributed by atoms with van der Waals surface area (Å²) >= 11 is 0.690. The van der Waals surface area contributed by atoms with Gasteiger partial charge in [0.2, 0.25) is 15.9 Å². The minimum atomic E-state index is -4.11. The van der Waals surface area contributed by atoms with Gasteiger partial charge < -0.3 is 9.80 Å². The molecule has 39 heavy (non-hydrogen) atoms. The molecule has 204 valence electrons. The average Bonchev–Trinajstić information content (AvgIpc) is 3.72. The number of aromatic nitrogens is 4. The number of rotatable bonds is 7. The Kier molecular flexibility index (Phi) is 5.18. The predicted octanol–water partition coefficient (Wildman–Crippen LogP) is 2.71. The van der Waals surface area contributed by atoms with Crippen LogP contribution in [0, 0.1) is 16.7 Å². The summed E-state index contributed by atoms with van der Waals surface area (Å²) in [7, 11) is -4.11. The maximum absolute atomic E-state index is 13.4. The molecule has 2 aliphatic carbocycles. The van der Waals surface area contributed by atoms with E-state index in [1.54, 1.807) is 12.3 Å². The molecule has 15 heteroatoms. The molecule has 3 saturated heterocycles. The molecule has 2 unspecified atom stereocenters. The van der Waals surface area contributed by atoms with Crippen LogP contribution < -0.4 is 9.62 Å². The fourth-order valence-electron chi connectivity index (χ4n) is 5.55. The van der Waals surface area contributed by atoms with Gasteiger partial charge in [-0.15, -0.1) is 10.2 Å². The number of hydrogen-bond acceptors (Lipinski definition) is 9. The summed E-state index contributed by atoms with van der Waals surface area (Å²) in [5.74, 6) is 0.382. The number of sulfonamides is 1. The number of piperazine rings is 1. The van der Waals surface area contributed by atoms with E-state index >= 15 is 0 Å². The van der Waals surface area contributed by atoms with Crippen LogP contribution in [-0.4, -0.2) is 69.5 Å². The molecule has 8 rings (SSSR count). The first kappa shape index (κ1) is 24.8. The molecular weight excluding hydrogens is 550 g/mol. The average molecular weight is 575 g/mol. The van der Waals surface area contributed by atoms with Crippen molar-refractivity contribution in [3.05, 3.63) is 23.5 Å². The molecule has 1 amide bonds. The van der Waals surface area contributed by atoms with Gasteiger partial charge in [0, 0.05) is 24.7 Å². The number of nitrogens with one attached hydrogen (secondary N) is 1. The summed E-state index contributed by atoms with van der Waals surface area (Å²) in [5.41, 5.74) is -0.210. The molecular formula is C24H24F2N8O3S2. The normalized spacial score (nSPS) is 24.5. The van der Waals surface area contributed by atoms with Gasteiger partial charge in [-0.3, -0.25) is 9.20 Å². The van der Waals surface area contributed by atoms with Crippen LogP contribution in [0.3, 0.4) is 0 Å². The van der Waals surface area contributed by atoms with Gasteiger partial charge >= 0.3 is 0 Å². The second-order valence-corrected chi connectivity index (χ2v) is 13.9. The first-order valence-corrected chi connectivity index (χ1v) is 15.0. The van der Waals surface area contributed by atoms with Crippen molar-refractivity contribution in [3.8, 4) is 16.9 Å². The van der Waals surface area contributed by atoms with Crippen LogP contribution in [0.4, 0.5) is 14.5 Å². The minimum absolute atomic E-state index is 0.0274. The zero-order valence-corrected chi connectivity index (χ0v) is 22.5. The van der Waals surface area contributed by atoms with Crippen molar-refractivity contribution in [1.82, 2.24) is 29.2 Å². The van der Waals surface area contributed by atoms with E-state index in [-0.39, 0.29) is 39.1 Å². The molecule has 3 aromatic heterocycles. The van der Waals surface area contributed by atoms with Crippen LogP contribution in [0.15, 0.2) is 23.4 Å². The van der Waals surface area contributed by atoms with Crippen LogP contribution in [0.25, 0.3) is 16.3 Å². The summed E-state index contributed by atoms with van der Waals surface area (Å²) < 4.78 is 57.3. The fraction of sp³-hybridized carbons (Fsp3) is 0.542. The number of amides is 1. The Bertz CT molecular complexity index is 1660. The first-order chi connectivity index (χ1) is 18.5. The molecule has 0 radical (unpaired) electrons. The lowest BCUT2D eigenvalue weighted by Crippen LogP contribution is -2.71. The highest BCUT2D eigenvalue weighted by molar-refractivity contribution is 7.89. The number of pyridine rings is 1. The molecule has 1 N–H and O–H groups in total. The van der Waals surface area contributed by atoms with Gasteiger partial charge in [-0.25, -0.2) is 22.2 Å². The molecule has 3 aliphatic heterocycles. The molecule has 11 nitrogen and oxygen atoms in total. The van der Waals surface area contributed by atoms with Gasteiger partial charge in [-0.2, -0.15) is 9.98 Å². The van der Waals surface area contributed by atoms with Crippen LogP contribution in [0.2, 0.25) is 0 Å². The molecule has 5 aliphatic rings. The highest BCUT2D eigenvalue weighted by atomic mass is 32.2. The molecule has 6 heterocycles. The zero-order chi connectivity index (χ0) is 27.3. The molecule has 2 bridgehead atoms. The fourth-order valence-corrected chi connectivity index (χ4v) is 7.64. The van der Waals surface area contributed by atoms with Gasteiger partial charge in [0.1, 0.15) is 10.4 Å². The second kappa shape index (κ2) is 8.15. The smallest absolute Gasteiger partial charge is 0.291 e. The summed E-state index contributed by atoms with van der Waals surface area (Å²) in [4.78, 5) is 21.4. The van der Waals surface area contributed by atoms with E-state index in [2.05, 4.69) is 24.8 Å². The van der Waals surface area contributed by atoms with Crippen molar-refractivity contribution in [3.63, 3.8) is 0 Å². The third-order valence-corrected chi connectivity index (χ3v) is 10.7. The van der Waals surface area contributed by atoms with Crippen molar-refractivity contribution in [2.24, 2.45) is 5.41 Å². The molecule has 0 spiro atoms. The number of carbonyl (C=O) groups excluding carboxylic acids is 1. The van der Waals surface area contributed by atoms with Crippen molar-refractivity contribution in [2.75, 3.05) is 18.0 Å². The van der Waals surface area contributed by atoms with E-state index in [0.717, 1.165) is 19.3 Å². The number of carbonyl (C=O) groups is 1. The number of anilines is 1. The van der Waals surface area contributed by atoms with E-state index < -0.39 is 27.0 Å². The van der Waals surface area contributed by atoms with Crippen molar-refractivity contribution in [1.29, 1.82) is 5.26 Å². The number of piperidine rings is 1. The van der Waals surface area contributed by atoms with E-state index in [0.29, 0.717) is 48.5 Å². The topological polar surface area (TPSA) is 137 Å². The third-order valence-electron chi connectivity index (χ3n) is 8.30.